The Kier molecular flexibility index (Phi) is 12.6. The Morgan fingerprint density at radius 3 is 2.37 bits per heavy atom. The zero-order chi connectivity index (χ0) is 20.9. The number of amides is 1. The van der Waals surface area contributed by atoms with Gasteiger partial charge in [0.25, 0.3) is 0 Å². The normalized spacial score (nSPS) is 10.4. The SMILES string of the molecule is CCN(CC)CC(=O)Nc1ccc(OCCCCCc2ccccc2)c(OC)c1.Cl. The Balaban J connectivity index is 0.00000450. The molecule has 0 aliphatic carbocycles. The maximum atomic E-state index is 12.2. The Labute approximate surface area is 187 Å². The van der Waals surface area contributed by atoms with Crippen LogP contribution in [-0.4, -0.2) is 44.2 Å². The highest BCUT2D eigenvalue weighted by molar-refractivity contribution is 5.92. The number of nitrogens with zero attached hydrogens (tertiary/aromatic N) is 1. The second-order valence-corrected chi connectivity index (χ2v) is 7.02. The van der Waals surface area contributed by atoms with Gasteiger partial charge < -0.3 is 14.8 Å². The van der Waals surface area contributed by atoms with Crippen LogP contribution in [0.15, 0.2) is 48.5 Å². The van der Waals surface area contributed by atoms with Crippen LogP contribution < -0.4 is 14.8 Å². The number of hydrogen-bond donors (Lipinski definition) is 1. The van der Waals surface area contributed by atoms with Crippen molar-refractivity contribution in [1.82, 2.24) is 4.90 Å². The quantitative estimate of drug-likeness (QED) is 0.441. The van der Waals surface area contributed by atoms with Crippen LogP contribution in [0, 0.1) is 0 Å². The number of nitrogens with one attached hydrogen (secondary N) is 1. The molecule has 166 valence electrons. The van der Waals surface area contributed by atoms with Crippen molar-refractivity contribution >= 4 is 24.0 Å². The predicted molar refractivity (Wildman–Crippen MR) is 126 cm³/mol. The zero-order valence-corrected chi connectivity index (χ0v) is 19.2. The van der Waals surface area contributed by atoms with Crippen LogP contribution in [0.1, 0.15) is 38.7 Å². The van der Waals surface area contributed by atoms with Crippen LogP contribution in [0.5, 0.6) is 11.5 Å². The number of rotatable bonds is 13. The van der Waals surface area contributed by atoms with E-state index in [4.69, 9.17) is 9.47 Å². The fourth-order valence-corrected chi connectivity index (χ4v) is 3.15. The minimum atomic E-state index is -0.0252. The number of hydrogen-bond acceptors (Lipinski definition) is 4. The van der Waals surface area contributed by atoms with E-state index in [1.54, 1.807) is 7.11 Å². The fourth-order valence-electron chi connectivity index (χ4n) is 3.15. The first kappa shape index (κ1) is 25.8. The van der Waals surface area contributed by atoms with Gasteiger partial charge in [-0.05, 0) is 56.5 Å². The summed E-state index contributed by atoms with van der Waals surface area (Å²) in [7, 11) is 1.61. The maximum Gasteiger partial charge on any atom is 0.238 e. The molecule has 1 amide bonds. The Morgan fingerprint density at radius 1 is 0.967 bits per heavy atom. The van der Waals surface area contributed by atoms with E-state index < -0.39 is 0 Å². The van der Waals surface area contributed by atoms with E-state index in [1.165, 1.54) is 5.56 Å². The van der Waals surface area contributed by atoms with Crippen molar-refractivity contribution in [3.63, 3.8) is 0 Å². The fraction of sp³-hybridized carbons (Fsp3) is 0.458. The van der Waals surface area contributed by atoms with E-state index in [9.17, 15) is 4.79 Å². The van der Waals surface area contributed by atoms with Crippen molar-refractivity contribution in [2.75, 3.05) is 38.7 Å². The van der Waals surface area contributed by atoms with Gasteiger partial charge in [-0.25, -0.2) is 0 Å². The van der Waals surface area contributed by atoms with Crippen LogP contribution in [0.25, 0.3) is 0 Å². The summed E-state index contributed by atoms with van der Waals surface area (Å²) in [5, 5.41) is 2.93. The lowest BCUT2D eigenvalue weighted by molar-refractivity contribution is -0.117. The topological polar surface area (TPSA) is 50.8 Å². The number of methoxy groups -OCH3 is 1. The van der Waals surface area contributed by atoms with Crippen molar-refractivity contribution in [1.29, 1.82) is 0 Å². The average Bonchev–Trinajstić information content (AvgIpc) is 2.75. The minimum absolute atomic E-state index is 0. The van der Waals surface area contributed by atoms with Crippen molar-refractivity contribution in [3.05, 3.63) is 54.1 Å². The van der Waals surface area contributed by atoms with E-state index in [0.717, 1.165) is 38.8 Å². The Morgan fingerprint density at radius 2 is 1.70 bits per heavy atom. The predicted octanol–water partition coefficient (Wildman–Crippen LogP) is 5.19. The molecule has 2 rings (SSSR count). The van der Waals surface area contributed by atoms with Gasteiger partial charge in [0, 0.05) is 11.8 Å². The molecule has 30 heavy (non-hydrogen) atoms. The maximum absolute atomic E-state index is 12.2. The van der Waals surface area contributed by atoms with Gasteiger partial charge in [0.1, 0.15) is 0 Å². The molecule has 2 aromatic carbocycles. The van der Waals surface area contributed by atoms with Crippen molar-refractivity contribution in [2.45, 2.75) is 39.5 Å². The molecular formula is C24H35ClN2O3. The molecule has 0 fully saturated rings. The lowest BCUT2D eigenvalue weighted by Crippen LogP contribution is -2.32. The third kappa shape index (κ3) is 9.06. The van der Waals surface area contributed by atoms with Gasteiger partial charge in [-0.1, -0.05) is 44.2 Å². The molecule has 0 saturated carbocycles. The summed E-state index contributed by atoms with van der Waals surface area (Å²) in [6.45, 7) is 6.84. The second kappa shape index (κ2) is 14.7. The van der Waals surface area contributed by atoms with E-state index in [0.29, 0.717) is 30.3 Å². The van der Waals surface area contributed by atoms with Crippen molar-refractivity contribution in [3.8, 4) is 11.5 Å². The summed E-state index contributed by atoms with van der Waals surface area (Å²) in [5.74, 6) is 1.31. The minimum Gasteiger partial charge on any atom is -0.493 e. The lowest BCUT2D eigenvalue weighted by atomic mass is 10.1. The Bertz CT molecular complexity index is 736. The van der Waals surface area contributed by atoms with Crippen LogP contribution >= 0.6 is 12.4 Å². The van der Waals surface area contributed by atoms with Crippen LogP contribution in [-0.2, 0) is 11.2 Å². The highest BCUT2D eigenvalue weighted by atomic mass is 35.5. The highest BCUT2D eigenvalue weighted by Crippen LogP contribution is 2.30. The molecule has 0 heterocycles. The number of benzene rings is 2. The summed E-state index contributed by atoms with van der Waals surface area (Å²) >= 11 is 0. The first-order valence-electron chi connectivity index (χ1n) is 10.5. The number of unbranched alkanes of at least 4 members (excludes halogenated alkanes) is 2. The molecular weight excluding hydrogens is 400 g/mol. The standard InChI is InChI=1S/C24H34N2O3.ClH/c1-4-26(5-2)19-24(27)25-21-15-16-22(23(18-21)28-3)29-17-11-7-10-14-20-12-8-6-9-13-20;/h6,8-9,12-13,15-16,18H,4-5,7,10-11,14,17,19H2,1-3H3,(H,25,27);1H. The van der Waals surface area contributed by atoms with Gasteiger partial charge in [0.15, 0.2) is 11.5 Å². The molecule has 0 radical (unpaired) electrons. The molecule has 6 heteroatoms. The third-order valence-electron chi connectivity index (χ3n) is 4.92. The summed E-state index contributed by atoms with van der Waals surface area (Å²) < 4.78 is 11.3. The molecule has 1 N–H and O–H groups in total. The van der Waals surface area contributed by atoms with Gasteiger partial charge in [0.05, 0.1) is 20.3 Å². The molecule has 0 saturated heterocycles. The zero-order valence-electron chi connectivity index (χ0n) is 18.4. The number of halogens is 1. The number of aryl methyl sites for hydroxylation is 1. The number of ether oxygens (including phenoxy) is 2. The molecule has 2 aromatic rings. The molecule has 5 nitrogen and oxygen atoms in total. The van der Waals surface area contributed by atoms with E-state index >= 15 is 0 Å². The molecule has 0 aliphatic rings. The number of carbonyl (C=O) groups is 1. The molecule has 0 bridgehead atoms. The van der Waals surface area contributed by atoms with Gasteiger partial charge >= 0.3 is 0 Å². The monoisotopic (exact) mass is 434 g/mol. The first-order valence-corrected chi connectivity index (χ1v) is 10.5. The summed E-state index contributed by atoms with van der Waals surface area (Å²) in [4.78, 5) is 14.2. The second-order valence-electron chi connectivity index (χ2n) is 7.02. The summed E-state index contributed by atoms with van der Waals surface area (Å²) in [5.41, 5.74) is 2.10. The molecule has 0 aliphatic heterocycles. The smallest absolute Gasteiger partial charge is 0.238 e. The Hall–Kier alpha value is -2.24. The van der Waals surface area contributed by atoms with E-state index in [-0.39, 0.29) is 18.3 Å². The lowest BCUT2D eigenvalue weighted by Gasteiger charge is -2.18. The van der Waals surface area contributed by atoms with Crippen molar-refractivity contribution in [2.24, 2.45) is 0 Å². The van der Waals surface area contributed by atoms with Crippen molar-refractivity contribution < 1.29 is 14.3 Å². The van der Waals surface area contributed by atoms with Gasteiger partial charge in [-0.15, -0.1) is 12.4 Å². The molecule has 0 unspecified atom stereocenters. The largest absolute Gasteiger partial charge is 0.493 e. The van der Waals surface area contributed by atoms with Crippen LogP contribution in [0.3, 0.4) is 0 Å². The third-order valence-corrected chi connectivity index (χ3v) is 4.92. The molecule has 0 spiro atoms. The number of likely N-dealkylation sites (N-methyl/N-ethyl adjacent to an activating group) is 1. The highest BCUT2D eigenvalue weighted by Gasteiger charge is 2.10. The van der Waals surface area contributed by atoms with Gasteiger partial charge in [-0.2, -0.15) is 0 Å². The summed E-state index contributed by atoms with van der Waals surface area (Å²) in [6.07, 6.45) is 4.38. The first-order chi connectivity index (χ1) is 14.2. The molecule has 0 aromatic heterocycles. The van der Waals surface area contributed by atoms with Gasteiger partial charge in [-0.3, -0.25) is 9.69 Å². The van der Waals surface area contributed by atoms with E-state index in [1.807, 2.05) is 38.1 Å². The van der Waals surface area contributed by atoms with Crippen LogP contribution in [0.2, 0.25) is 0 Å². The van der Waals surface area contributed by atoms with E-state index in [2.05, 4.69) is 34.5 Å². The number of carbonyl (C=O) groups excluding carboxylic acids is 1. The number of anilines is 1. The average molecular weight is 435 g/mol. The van der Waals surface area contributed by atoms with Gasteiger partial charge in [0.2, 0.25) is 5.91 Å². The summed E-state index contributed by atoms with van der Waals surface area (Å²) in [6, 6.07) is 16.1. The van der Waals surface area contributed by atoms with Crippen LogP contribution in [0.4, 0.5) is 5.69 Å². The molecule has 0 atom stereocenters.